The van der Waals surface area contributed by atoms with Crippen LogP contribution in [0.1, 0.15) is 33.5 Å². The molecule has 0 amide bonds. The van der Waals surface area contributed by atoms with E-state index in [4.69, 9.17) is 5.10 Å². The molecule has 0 saturated heterocycles. The molecule has 0 aliphatic rings. The summed E-state index contributed by atoms with van der Waals surface area (Å²) >= 11 is 0. The summed E-state index contributed by atoms with van der Waals surface area (Å²) in [6, 6.07) is 21.6. The summed E-state index contributed by atoms with van der Waals surface area (Å²) in [5.41, 5.74) is 9.78. The first-order valence-corrected chi connectivity index (χ1v) is 9.91. The molecule has 1 heterocycles. The van der Waals surface area contributed by atoms with Crippen LogP contribution < -0.4 is 0 Å². The highest BCUT2D eigenvalue weighted by Gasteiger charge is 2.15. The van der Waals surface area contributed by atoms with Crippen molar-refractivity contribution in [3.05, 3.63) is 94.2 Å². The lowest BCUT2D eigenvalue weighted by Gasteiger charge is -2.14. The van der Waals surface area contributed by atoms with Gasteiger partial charge in [0.05, 0.1) is 5.69 Å². The number of benzene rings is 3. The number of aryl methyl sites for hydroxylation is 6. The van der Waals surface area contributed by atoms with Crippen LogP contribution in [0.25, 0.3) is 22.0 Å². The molecule has 0 saturated carbocycles. The fourth-order valence-corrected chi connectivity index (χ4v) is 4.23. The molecule has 0 unspecified atom stereocenters. The molecular formula is C26H26N2. The molecule has 1 aromatic heterocycles. The van der Waals surface area contributed by atoms with E-state index in [-0.39, 0.29) is 0 Å². The van der Waals surface area contributed by atoms with Gasteiger partial charge < -0.3 is 0 Å². The predicted octanol–water partition coefficient (Wildman–Crippen LogP) is 6.32. The van der Waals surface area contributed by atoms with Crippen LogP contribution in [-0.2, 0) is 12.8 Å². The van der Waals surface area contributed by atoms with Crippen LogP contribution in [0, 0.1) is 27.7 Å². The second-order valence-corrected chi connectivity index (χ2v) is 7.74. The zero-order valence-corrected chi connectivity index (χ0v) is 17.1. The summed E-state index contributed by atoms with van der Waals surface area (Å²) < 4.78 is 0. The highest BCUT2D eigenvalue weighted by atomic mass is 15.1. The minimum absolute atomic E-state index is 0.893. The topological polar surface area (TPSA) is 25.8 Å². The van der Waals surface area contributed by atoms with Gasteiger partial charge in [-0.15, -0.1) is 5.10 Å². The molecule has 0 radical (unpaired) electrons. The standard InChI is InChI=1S/C26H26N2/c1-17-15-19(3)25(20(4)16-17)26-23-12-8-7-11-22(23)24(27-28-26)14-13-21-10-6-5-9-18(21)2/h5-12,15-16H,13-14H2,1-4H3. The molecule has 28 heavy (non-hydrogen) atoms. The molecule has 3 aromatic carbocycles. The molecular weight excluding hydrogens is 340 g/mol. The Kier molecular flexibility index (Phi) is 4.95. The van der Waals surface area contributed by atoms with Gasteiger partial charge in [0.2, 0.25) is 0 Å². The van der Waals surface area contributed by atoms with Gasteiger partial charge in [-0.1, -0.05) is 66.2 Å². The number of hydrogen-bond acceptors (Lipinski definition) is 2. The predicted molar refractivity (Wildman–Crippen MR) is 118 cm³/mol. The molecule has 0 fully saturated rings. The van der Waals surface area contributed by atoms with Gasteiger partial charge in [0.1, 0.15) is 5.69 Å². The van der Waals surface area contributed by atoms with Crippen LogP contribution in [0.15, 0.2) is 60.7 Å². The Morgan fingerprint density at radius 2 is 1.29 bits per heavy atom. The maximum absolute atomic E-state index is 4.71. The Hall–Kier alpha value is -3.00. The Labute approximate surface area is 167 Å². The number of aromatic nitrogens is 2. The monoisotopic (exact) mass is 366 g/mol. The van der Waals surface area contributed by atoms with E-state index < -0.39 is 0 Å². The van der Waals surface area contributed by atoms with E-state index in [0.717, 1.165) is 24.2 Å². The fraction of sp³-hybridized carbons (Fsp3) is 0.231. The van der Waals surface area contributed by atoms with Crippen molar-refractivity contribution in [2.45, 2.75) is 40.5 Å². The molecule has 2 nitrogen and oxygen atoms in total. The van der Waals surface area contributed by atoms with Crippen molar-refractivity contribution in [1.29, 1.82) is 0 Å². The summed E-state index contributed by atoms with van der Waals surface area (Å²) in [4.78, 5) is 0. The summed E-state index contributed by atoms with van der Waals surface area (Å²) in [6.45, 7) is 8.64. The SMILES string of the molecule is Cc1cc(C)c(-c2nnc(CCc3ccccc3C)c3ccccc23)c(C)c1. The lowest BCUT2D eigenvalue weighted by molar-refractivity contribution is 0.872. The first kappa shape index (κ1) is 18.4. The Bertz CT molecular complexity index is 1140. The second-order valence-electron chi connectivity index (χ2n) is 7.74. The van der Waals surface area contributed by atoms with Crippen molar-refractivity contribution in [2.24, 2.45) is 0 Å². The molecule has 140 valence electrons. The average Bonchev–Trinajstić information content (AvgIpc) is 2.67. The molecule has 0 spiro atoms. The van der Waals surface area contributed by atoms with Crippen LogP contribution in [0.5, 0.6) is 0 Å². The van der Waals surface area contributed by atoms with E-state index in [1.54, 1.807) is 0 Å². The van der Waals surface area contributed by atoms with Crippen molar-refractivity contribution in [2.75, 3.05) is 0 Å². The maximum atomic E-state index is 4.71. The van der Waals surface area contributed by atoms with Crippen LogP contribution in [0.4, 0.5) is 0 Å². The van der Waals surface area contributed by atoms with Crippen LogP contribution in [0.3, 0.4) is 0 Å². The van der Waals surface area contributed by atoms with Crippen molar-refractivity contribution in [1.82, 2.24) is 10.2 Å². The number of hydrogen-bond donors (Lipinski definition) is 0. The van der Waals surface area contributed by atoms with E-state index in [1.165, 1.54) is 44.2 Å². The smallest absolute Gasteiger partial charge is 0.101 e. The normalized spacial score (nSPS) is 11.1. The largest absolute Gasteiger partial charge is 0.154 e. The van der Waals surface area contributed by atoms with Gasteiger partial charge in [-0.25, -0.2) is 0 Å². The van der Waals surface area contributed by atoms with Crippen LogP contribution in [-0.4, -0.2) is 10.2 Å². The van der Waals surface area contributed by atoms with Gasteiger partial charge in [0.15, 0.2) is 0 Å². The third-order valence-corrected chi connectivity index (χ3v) is 5.57. The quantitative estimate of drug-likeness (QED) is 0.422. The number of rotatable bonds is 4. The minimum Gasteiger partial charge on any atom is -0.154 e. The molecule has 0 aliphatic heterocycles. The second kappa shape index (κ2) is 7.55. The summed E-state index contributed by atoms with van der Waals surface area (Å²) in [5.74, 6) is 0. The molecule has 0 N–H and O–H groups in total. The first-order chi connectivity index (χ1) is 13.5. The molecule has 0 aliphatic carbocycles. The Balaban J connectivity index is 1.79. The van der Waals surface area contributed by atoms with Crippen molar-refractivity contribution in [3.8, 4) is 11.3 Å². The van der Waals surface area contributed by atoms with Gasteiger partial charge >= 0.3 is 0 Å². The van der Waals surface area contributed by atoms with Crippen molar-refractivity contribution in [3.63, 3.8) is 0 Å². The summed E-state index contributed by atoms with van der Waals surface area (Å²) in [7, 11) is 0. The third-order valence-electron chi connectivity index (χ3n) is 5.57. The lowest BCUT2D eigenvalue weighted by Crippen LogP contribution is -2.02. The maximum Gasteiger partial charge on any atom is 0.101 e. The third kappa shape index (κ3) is 3.43. The van der Waals surface area contributed by atoms with Crippen LogP contribution in [0.2, 0.25) is 0 Å². The molecule has 4 rings (SSSR count). The highest BCUT2D eigenvalue weighted by molar-refractivity contribution is 5.96. The van der Waals surface area contributed by atoms with Gasteiger partial charge in [0, 0.05) is 16.3 Å². The van der Waals surface area contributed by atoms with Gasteiger partial charge in [0.25, 0.3) is 0 Å². The van der Waals surface area contributed by atoms with Crippen molar-refractivity contribution >= 4 is 10.8 Å². The first-order valence-electron chi connectivity index (χ1n) is 9.91. The molecule has 0 atom stereocenters. The zero-order valence-electron chi connectivity index (χ0n) is 17.1. The van der Waals surface area contributed by atoms with E-state index in [2.05, 4.69) is 93.5 Å². The van der Waals surface area contributed by atoms with Gasteiger partial charge in [-0.2, -0.15) is 5.10 Å². The molecule has 0 bridgehead atoms. The van der Waals surface area contributed by atoms with Gasteiger partial charge in [-0.3, -0.25) is 0 Å². The minimum atomic E-state index is 0.893. The van der Waals surface area contributed by atoms with E-state index in [1.807, 2.05) is 0 Å². The van der Waals surface area contributed by atoms with Crippen molar-refractivity contribution < 1.29 is 0 Å². The fourth-order valence-electron chi connectivity index (χ4n) is 4.23. The highest BCUT2D eigenvalue weighted by Crippen LogP contribution is 2.33. The summed E-state index contributed by atoms with van der Waals surface area (Å²) in [5, 5.41) is 11.8. The van der Waals surface area contributed by atoms with E-state index in [0.29, 0.717) is 0 Å². The van der Waals surface area contributed by atoms with E-state index in [9.17, 15) is 0 Å². The zero-order chi connectivity index (χ0) is 19.7. The summed E-state index contributed by atoms with van der Waals surface area (Å²) in [6.07, 6.45) is 1.87. The lowest BCUT2D eigenvalue weighted by atomic mass is 9.93. The molecule has 2 heteroatoms. The Morgan fingerprint density at radius 3 is 2.00 bits per heavy atom. The number of fused-ring (bicyclic) bond motifs is 1. The van der Waals surface area contributed by atoms with Gasteiger partial charge in [-0.05, 0) is 62.8 Å². The van der Waals surface area contributed by atoms with E-state index >= 15 is 0 Å². The number of nitrogens with zero attached hydrogens (tertiary/aromatic N) is 2. The van der Waals surface area contributed by atoms with Crippen LogP contribution >= 0.6 is 0 Å². The average molecular weight is 367 g/mol. The molecule has 4 aromatic rings. The Morgan fingerprint density at radius 1 is 0.643 bits per heavy atom.